The Kier molecular flexibility index (Phi) is 5.80. The second-order valence-electron chi connectivity index (χ2n) is 3.72. The van der Waals surface area contributed by atoms with Crippen LogP contribution < -0.4 is 5.73 Å². The molecule has 0 spiro atoms. The molecule has 0 aliphatic heterocycles. The Morgan fingerprint density at radius 3 is 2.32 bits per heavy atom. The Morgan fingerprint density at radius 2 is 1.89 bits per heavy atom. The van der Waals surface area contributed by atoms with E-state index in [2.05, 4.69) is 31.9 Å². The van der Waals surface area contributed by atoms with Gasteiger partial charge in [0.05, 0.1) is 6.07 Å². The molecule has 0 amide bonds. The van der Waals surface area contributed by atoms with Crippen LogP contribution in [0.3, 0.4) is 0 Å². The number of nitrogens with two attached hydrogens (primary N) is 1. The van der Waals surface area contributed by atoms with Gasteiger partial charge in [-0.05, 0) is 44.0 Å². The minimum absolute atomic E-state index is 0.126. The third-order valence-corrected chi connectivity index (χ3v) is 6.30. The molecule has 0 radical (unpaired) electrons. The molecule has 0 aliphatic carbocycles. The summed E-state index contributed by atoms with van der Waals surface area (Å²) in [6, 6.07) is 5.02. The first-order chi connectivity index (χ1) is 8.84. The molecule has 8 heteroatoms. The van der Waals surface area contributed by atoms with E-state index in [0.29, 0.717) is 21.2 Å². The van der Waals surface area contributed by atoms with E-state index in [1.165, 1.54) is 16.4 Å². The third-order valence-electron chi connectivity index (χ3n) is 2.44. The standard InChI is InChI=1S/C11H13Br2N3O2S/c1-2-16(5-3-4-14)19(17,18)11-9(12)6-8(15)7-10(11)13/h6-7H,2-3,5,15H2,1H3. The number of hydrogen-bond acceptors (Lipinski definition) is 4. The van der Waals surface area contributed by atoms with Crippen LogP contribution in [-0.4, -0.2) is 25.8 Å². The first-order valence-electron chi connectivity index (χ1n) is 5.46. The number of rotatable bonds is 5. The number of halogens is 2. The monoisotopic (exact) mass is 409 g/mol. The van der Waals surface area contributed by atoms with E-state index < -0.39 is 10.0 Å². The second kappa shape index (κ2) is 6.70. The maximum Gasteiger partial charge on any atom is 0.245 e. The summed E-state index contributed by atoms with van der Waals surface area (Å²) in [5, 5.41) is 8.59. The van der Waals surface area contributed by atoms with Gasteiger partial charge in [0.2, 0.25) is 10.0 Å². The number of nitrogen functional groups attached to an aromatic ring is 1. The zero-order valence-electron chi connectivity index (χ0n) is 10.2. The van der Waals surface area contributed by atoms with Crippen molar-refractivity contribution in [3.05, 3.63) is 21.1 Å². The lowest BCUT2D eigenvalue weighted by molar-refractivity contribution is 0.434. The molecular weight excluding hydrogens is 398 g/mol. The summed E-state index contributed by atoms with van der Waals surface area (Å²) in [7, 11) is -3.67. The molecule has 104 valence electrons. The summed E-state index contributed by atoms with van der Waals surface area (Å²) >= 11 is 6.44. The number of benzene rings is 1. The Labute approximate surface area is 129 Å². The van der Waals surface area contributed by atoms with Gasteiger partial charge in [0.15, 0.2) is 0 Å². The topological polar surface area (TPSA) is 87.2 Å². The van der Waals surface area contributed by atoms with E-state index >= 15 is 0 Å². The molecule has 0 heterocycles. The van der Waals surface area contributed by atoms with Crippen molar-refractivity contribution in [3.63, 3.8) is 0 Å². The molecule has 0 unspecified atom stereocenters. The van der Waals surface area contributed by atoms with Crippen molar-refractivity contribution in [2.75, 3.05) is 18.8 Å². The van der Waals surface area contributed by atoms with Gasteiger partial charge < -0.3 is 5.73 Å². The van der Waals surface area contributed by atoms with Crippen molar-refractivity contribution in [2.24, 2.45) is 0 Å². The van der Waals surface area contributed by atoms with Crippen LogP contribution in [0.5, 0.6) is 0 Å². The summed E-state index contributed by atoms with van der Waals surface area (Å²) in [5.41, 5.74) is 6.11. The minimum Gasteiger partial charge on any atom is -0.399 e. The van der Waals surface area contributed by atoms with Crippen LogP contribution in [0.2, 0.25) is 0 Å². The lowest BCUT2D eigenvalue weighted by Crippen LogP contribution is -2.32. The number of nitrogens with zero attached hydrogens (tertiary/aromatic N) is 2. The van der Waals surface area contributed by atoms with E-state index in [1.807, 2.05) is 6.07 Å². The first-order valence-corrected chi connectivity index (χ1v) is 8.48. The Balaban J connectivity index is 3.31. The summed E-state index contributed by atoms with van der Waals surface area (Å²) < 4.78 is 27.1. The van der Waals surface area contributed by atoms with Gasteiger partial charge in [0.25, 0.3) is 0 Å². The highest BCUT2D eigenvalue weighted by atomic mass is 79.9. The number of nitriles is 1. The van der Waals surface area contributed by atoms with Crippen LogP contribution in [0.15, 0.2) is 26.0 Å². The van der Waals surface area contributed by atoms with Crippen LogP contribution in [0.1, 0.15) is 13.3 Å². The molecule has 0 fully saturated rings. The third kappa shape index (κ3) is 3.69. The number of sulfonamides is 1. The van der Waals surface area contributed by atoms with Crippen molar-refractivity contribution in [3.8, 4) is 6.07 Å². The zero-order valence-corrected chi connectivity index (χ0v) is 14.2. The van der Waals surface area contributed by atoms with Crippen molar-refractivity contribution >= 4 is 47.6 Å². The molecule has 0 atom stereocenters. The summed E-state index contributed by atoms with van der Waals surface area (Å²) in [4.78, 5) is 0.126. The van der Waals surface area contributed by atoms with Gasteiger partial charge in [0.1, 0.15) is 4.90 Å². The number of anilines is 1. The van der Waals surface area contributed by atoms with Crippen LogP contribution in [0.4, 0.5) is 5.69 Å². The predicted molar refractivity (Wildman–Crippen MR) is 80.9 cm³/mol. The highest BCUT2D eigenvalue weighted by molar-refractivity contribution is 9.11. The van der Waals surface area contributed by atoms with Gasteiger partial charge >= 0.3 is 0 Å². The lowest BCUT2D eigenvalue weighted by atomic mass is 10.3. The molecule has 1 rings (SSSR count). The van der Waals surface area contributed by atoms with Gasteiger partial charge in [-0.25, -0.2) is 8.42 Å². The molecule has 0 bridgehead atoms. The predicted octanol–water partition coefficient (Wildman–Crippen LogP) is 2.72. The SMILES string of the molecule is CCN(CCC#N)S(=O)(=O)c1c(Br)cc(N)cc1Br. The van der Waals surface area contributed by atoms with Crippen LogP contribution in [0, 0.1) is 11.3 Å². The second-order valence-corrected chi connectivity index (χ2v) is 7.30. The molecule has 0 aromatic heterocycles. The fourth-order valence-corrected chi connectivity index (χ4v) is 5.57. The van der Waals surface area contributed by atoms with E-state index in [4.69, 9.17) is 11.0 Å². The van der Waals surface area contributed by atoms with Crippen molar-refractivity contribution in [1.29, 1.82) is 5.26 Å². The molecule has 1 aromatic rings. The van der Waals surface area contributed by atoms with E-state index in [9.17, 15) is 8.42 Å². The molecular formula is C11H13Br2N3O2S. The maximum absolute atomic E-state index is 12.5. The normalized spacial score (nSPS) is 11.5. The molecule has 0 saturated heterocycles. The minimum atomic E-state index is -3.67. The maximum atomic E-state index is 12.5. The summed E-state index contributed by atoms with van der Waals surface area (Å²) in [6.07, 6.45) is 0.150. The van der Waals surface area contributed by atoms with Gasteiger partial charge in [-0.1, -0.05) is 6.92 Å². The lowest BCUT2D eigenvalue weighted by Gasteiger charge is -2.21. The quantitative estimate of drug-likeness (QED) is 0.756. The van der Waals surface area contributed by atoms with Crippen molar-refractivity contribution < 1.29 is 8.42 Å². The fourth-order valence-electron chi connectivity index (χ4n) is 1.58. The fraction of sp³-hybridized carbons (Fsp3) is 0.364. The first kappa shape index (κ1) is 16.4. The van der Waals surface area contributed by atoms with Crippen LogP contribution in [-0.2, 0) is 10.0 Å². The Bertz CT molecular complexity index is 588. The molecule has 1 aromatic carbocycles. The van der Waals surface area contributed by atoms with Gasteiger partial charge in [-0.3, -0.25) is 0 Å². The van der Waals surface area contributed by atoms with Gasteiger partial charge in [-0.2, -0.15) is 9.57 Å². The van der Waals surface area contributed by atoms with Crippen LogP contribution in [0.25, 0.3) is 0 Å². The highest BCUT2D eigenvalue weighted by Gasteiger charge is 2.27. The molecule has 0 aliphatic rings. The Hall–Kier alpha value is -0.620. The number of hydrogen-bond donors (Lipinski definition) is 1. The van der Waals surface area contributed by atoms with Gasteiger partial charge in [0, 0.05) is 34.1 Å². The van der Waals surface area contributed by atoms with E-state index in [-0.39, 0.29) is 17.9 Å². The van der Waals surface area contributed by atoms with Crippen LogP contribution >= 0.6 is 31.9 Å². The van der Waals surface area contributed by atoms with Crippen molar-refractivity contribution in [2.45, 2.75) is 18.2 Å². The van der Waals surface area contributed by atoms with E-state index in [1.54, 1.807) is 6.92 Å². The average Bonchev–Trinajstić information content (AvgIpc) is 2.27. The average molecular weight is 411 g/mol. The summed E-state index contributed by atoms with van der Waals surface area (Å²) in [6.45, 7) is 2.19. The van der Waals surface area contributed by atoms with Gasteiger partial charge in [-0.15, -0.1) is 0 Å². The largest absolute Gasteiger partial charge is 0.399 e. The molecule has 2 N–H and O–H groups in total. The molecule has 0 saturated carbocycles. The highest BCUT2D eigenvalue weighted by Crippen LogP contribution is 2.34. The summed E-state index contributed by atoms with van der Waals surface area (Å²) in [5.74, 6) is 0. The van der Waals surface area contributed by atoms with Crippen molar-refractivity contribution in [1.82, 2.24) is 4.31 Å². The molecule has 5 nitrogen and oxygen atoms in total. The van der Waals surface area contributed by atoms with E-state index in [0.717, 1.165) is 0 Å². The smallest absolute Gasteiger partial charge is 0.245 e. The zero-order chi connectivity index (χ0) is 14.6. The molecule has 19 heavy (non-hydrogen) atoms. The Morgan fingerprint density at radius 1 is 1.37 bits per heavy atom.